The summed E-state index contributed by atoms with van der Waals surface area (Å²) in [6, 6.07) is 2.80. The third-order valence-corrected chi connectivity index (χ3v) is 6.05. The number of carbonyl (C=O) groups is 4. The van der Waals surface area contributed by atoms with Gasteiger partial charge in [-0.05, 0) is 12.1 Å². The van der Waals surface area contributed by atoms with Crippen LogP contribution < -0.4 is 14.2 Å². The molecule has 0 amide bonds. The van der Waals surface area contributed by atoms with E-state index in [0.717, 1.165) is 0 Å². The minimum Gasteiger partial charge on any atom is -0.493 e. The van der Waals surface area contributed by atoms with E-state index in [1.54, 1.807) is 0 Å². The maximum Gasteiger partial charge on any atom is 0.340 e. The summed E-state index contributed by atoms with van der Waals surface area (Å²) >= 11 is 1.87. The van der Waals surface area contributed by atoms with Crippen molar-refractivity contribution in [2.24, 2.45) is 0 Å². The fraction of sp³-hybridized carbons (Fsp3) is 0.545. The highest BCUT2D eigenvalue weighted by Gasteiger charge is 2.51. The fourth-order valence-corrected chi connectivity index (χ4v) is 4.20. The number of hydrogen-bond donors (Lipinski definition) is 0. The molecule has 0 bridgehead atoms. The van der Waals surface area contributed by atoms with Gasteiger partial charge in [0.2, 0.25) is 12.0 Å². The number of hydrogen-bond acceptors (Lipinski definition) is 12. The van der Waals surface area contributed by atoms with Crippen molar-refractivity contribution in [3.8, 4) is 17.2 Å². The largest absolute Gasteiger partial charge is 0.493 e. The zero-order valence-electron chi connectivity index (χ0n) is 20.0. The first-order valence-corrected chi connectivity index (χ1v) is 11.5. The van der Waals surface area contributed by atoms with Crippen molar-refractivity contribution in [1.82, 2.24) is 0 Å². The van der Waals surface area contributed by atoms with Crippen molar-refractivity contribution in [2.45, 2.75) is 49.3 Å². The summed E-state index contributed by atoms with van der Waals surface area (Å²) in [5.41, 5.74) is 0.0642. The van der Waals surface area contributed by atoms with Crippen LogP contribution in [-0.4, -0.2) is 80.3 Å². The molecular formula is C22H27IO12. The van der Waals surface area contributed by atoms with Gasteiger partial charge in [-0.2, -0.15) is 0 Å². The number of alkyl halides is 1. The Bertz CT molecular complexity index is 923. The molecule has 0 aromatic heterocycles. The Morgan fingerprint density at radius 1 is 0.829 bits per heavy atom. The molecule has 1 fully saturated rings. The predicted octanol–water partition coefficient (Wildman–Crippen LogP) is 1.82. The van der Waals surface area contributed by atoms with Gasteiger partial charge in [-0.25, -0.2) is 4.79 Å². The number of carbonyl (C=O) groups excluding carboxylic acids is 4. The van der Waals surface area contributed by atoms with Crippen molar-refractivity contribution in [2.75, 3.05) is 27.9 Å². The van der Waals surface area contributed by atoms with Crippen LogP contribution in [0.2, 0.25) is 0 Å². The zero-order valence-corrected chi connectivity index (χ0v) is 22.2. The maximum absolute atomic E-state index is 13.0. The van der Waals surface area contributed by atoms with Crippen LogP contribution in [0.1, 0.15) is 31.1 Å². The molecule has 0 unspecified atom stereocenters. The molecular weight excluding hydrogens is 583 g/mol. The van der Waals surface area contributed by atoms with Crippen molar-refractivity contribution < 1.29 is 57.1 Å². The van der Waals surface area contributed by atoms with Crippen molar-refractivity contribution in [1.29, 1.82) is 0 Å². The van der Waals surface area contributed by atoms with Crippen LogP contribution in [0.5, 0.6) is 17.2 Å². The van der Waals surface area contributed by atoms with Crippen LogP contribution in [0.15, 0.2) is 12.1 Å². The quantitative estimate of drug-likeness (QED) is 0.174. The Kier molecular flexibility index (Phi) is 10.4. The summed E-state index contributed by atoms with van der Waals surface area (Å²) < 4.78 is 42.1. The van der Waals surface area contributed by atoms with Crippen LogP contribution in [0, 0.1) is 0 Å². The zero-order chi connectivity index (χ0) is 26.3. The second-order valence-electron chi connectivity index (χ2n) is 7.26. The summed E-state index contributed by atoms with van der Waals surface area (Å²) in [5, 5.41) is 0. The van der Waals surface area contributed by atoms with E-state index in [4.69, 9.17) is 37.9 Å². The molecule has 1 heterocycles. The Morgan fingerprint density at radius 2 is 1.37 bits per heavy atom. The van der Waals surface area contributed by atoms with E-state index in [1.165, 1.54) is 54.2 Å². The molecule has 1 saturated heterocycles. The number of rotatable bonds is 9. The second kappa shape index (κ2) is 12.8. The van der Waals surface area contributed by atoms with E-state index in [0.29, 0.717) is 0 Å². The molecule has 0 saturated carbocycles. The molecule has 12 nitrogen and oxygen atoms in total. The minimum absolute atomic E-state index is 0.0642. The van der Waals surface area contributed by atoms with Crippen LogP contribution in [-0.2, 0) is 38.1 Å². The second-order valence-corrected chi connectivity index (χ2v) is 8.70. The molecule has 0 N–H and O–H groups in total. The molecule has 0 spiro atoms. The number of esters is 4. The van der Waals surface area contributed by atoms with E-state index in [2.05, 4.69) is 0 Å². The number of halogens is 1. The van der Waals surface area contributed by atoms with E-state index in [-0.39, 0.29) is 29.4 Å². The van der Waals surface area contributed by atoms with Gasteiger partial charge in [0.25, 0.3) is 0 Å². The van der Waals surface area contributed by atoms with Crippen LogP contribution >= 0.6 is 22.6 Å². The van der Waals surface area contributed by atoms with Crippen molar-refractivity contribution in [3.05, 3.63) is 17.7 Å². The van der Waals surface area contributed by atoms with E-state index >= 15 is 0 Å². The highest BCUT2D eigenvalue weighted by atomic mass is 127. The molecule has 2 rings (SSSR count). The van der Waals surface area contributed by atoms with Gasteiger partial charge in [-0.3, -0.25) is 14.4 Å². The lowest BCUT2D eigenvalue weighted by atomic mass is 10.0. The standard InChI is InChI=1S/C22H27IO12/c1-10(24)31-9-16-19(32-11(2)25)20(33-12(3)26)17(23)22(34-16)35-21(27)13-7-14(28-4)18(30-6)15(8-13)29-5/h7-8,16-17,19-20,22H,9H2,1-6H3/t16-,17+,19-,20-,22-/m1/s1. The topological polar surface area (TPSA) is 142 Å². The lowest BCUT2D eigenvalue weighted by Gasteiger charge is -2.42. The smallest absolute Gasteiger partial charge is 0.340 e. The van der Waals surface area contributed by atoms with Crippen molar-refractivity contribution in [3.63, 3.8) is 0 Å². The highest BCUT2D eigenvalue weighted by Crippen LogP contribution is 2.39. The molecule has 0 aliphatic carbocycles. The molecule has 13 heteroatoms. The predicted molar refractivity (Wildman–Crippen MR) is 126 cm³/mol. The number of ether oxygens (including phenoxy) is 8. The van der Waals surface area contributed by atoms with Crippen LogP contribution in [0.4, 0.5) is 0 Å². The molecule has 1 aromatic rings. The average molecular weight is 610 g/mol. The fourth-order valence-electron chi connectivity index (χ4n) is 3.33. The van der Waals surface area contributed by atoms with Gasteiger partial charge in [0.1, 0.15) is 16.6 Å². The van der Waals surface area contributed by atoms with E-state index < -0.39 is 52.4 Å². The average Bonchev–Trinajstić information content (AvgIpc) is 2.80. The van der Waals surface area contributed by atoms with Gasteiger partial charge in [0, 0.05) is 20.8 Å². The van der Waals surface area contributed by atoms with Crippen LogP contribution in [0.25, 0.3) is 0 Å². The molecule has 5 atom stereocenters. The summed E-state index contributed by atoms with van der Waals surface area (Å²) in [4.78, 5) is 47.9. The maximum atomic E-state index is 13.0. The lowest BCUT2D eigenvalue weighted by molar-refractivity contribution is -0.246. The summed E-state index contributed by atoms with van der Waals surface area (Å²) in [7, 11) is 4.22. The molecule has 1 aromatic carbocycles. The van der Waals surface area contributed by atoms with Gasteiger partial charge in [0.15, 0.2) is 23.7 Å². The van der Waals surface area contributed by atoms with E-state index in [9.17, 15) is 19.2 Å². The summed E-state index contributed by atoms with van der Waals surface area (Å²) in [6.45, 7) is 3.21. The SMILES string of the molecule is COc1cc(C(=O)O[C@H]2O[C@H](COC(C)=O)[C@@H](OC(C)=O)[C@H](OC(C)=O)[C@@H]2I)cc(OC)c1OC. The third kappa shape index (κ3) is 7.34. The molecule has 194 valence electrons. The third-order valence-electron chi connectivity index (χ3n) is 4.75. The van der Waals surface area contributed by atoms with Gasteiger partial charge in [-0.15, -0.1) is 0 Å². The van der Waals surface area contributed by atoms with E-state index in [1.807, 2.05) is 22.6 Å². The molecule has 1 aliphatic heterocycles. The first-order chi connectivity index (χ1) is 16.5. The summed E-state index contributed by atoms with van der Waals surface area (Å²) in [6.07, 6.45) is -4.53. The Hall–Kier alpha value is -2.81. The lowest BCUT2D eigenvalue weighted by Crippen LogP contribution is -2.60. The molecule has 0 radical (unpaired) electrons. The van der Waals surface area contributed by atoms with Gasteiger partial charge >= 0.3 is 23.9 Å². The van der Waals surface area contributed by atoms with Gasteiger partial charge in [0.05, 0.1) is 26.9 Å². The first kappa shape index (κ1) is 28.4. The number of benzene rings is 1. The summed E-state index contributed by atoms with van der Waals surface area (Å²) in [5.74, 6) is -1.99. The monoisotopic (exact) mass is 610 g/mol. The molecule has 1 aliphatic rings. The van der Waals surface area contributed by atoms with Gasteiger partial charge in [-0.1, -0.05) is 22.6 Å². The normalized spacial score (nSPS) is 23.5. The Balaban J connectivity index is 2.37. The molecule has 35 heavy (non-hydrogen) atoms. The Labute approximate surface area is 215 Å². The Morgan fingerprint density at radius 3 is 1.83 bits per heavy atom. The van der Waals surface area contributed by atoms with Gasteiger partial charge < -0.3 is 37.9 Å². The first-order valence-electron chi connectivity index (χ1n) is 10.3. The highest BCUT2D eigenvalue weighted by molar-refractivity contribution is 14.1. The van der Waals surface area contributed by atoms with Crippen LogP contribution in [0.3, 0.4) is 0 Å². The minimum atomic E-state index is -1.26. The number of methoxy groups -OCH3 is 3. The van der Waals surface area contributed by atoms with Crippen molar-refractivity contribution >= 4 is 46.5 Å².